The van der Waals surface area contributed by atoms with Crippen LogP contribution in [0, 0.1) is 6.92 Å². The average molecular weight is 210 g/mol. The Morgan fingerprint density at radius 2 is 1.93 bits per heavy atom. The third kappa shape index (κ3) is 2.45. The van der Waals surface area contributed by atoms with Crippen LogP contribution in [0.25, 0.3) is 0 Å². The van der Waals surface area contributed by atoms with Gasteiger partial charge in [0.25, 0.3) is 0 Å². The molecule has 1 aromatic carbocycles. The van der Waals surface area contributed by atoms with Crippen LogP contribution in [0.4, 0.5) is 0 Å². The van der Waals surface area contributed by atoms with E-state index in [0.29, 0.717) is 4.90 Å². The number of hydrogen-bond donors (Lipinski definition) is 0. The fourth-order valence-corrected chi connectivity index (χ4v) is 2.69. The van der Waals surface area contributed by atoms with E-state index < -0.39 is 9.84 Å². The van der Waals surface area contributed by atoms with E-state index in [1.807, 2.05) is 26.0 Å². The maximum absolute atomic E-state index is 11.8. The molecule has 2 nitrogen and oxygen atoms in total. The van der Waals surface area contributed by atoms with Gasteiger partial charge in [0, 0.05) is 0 Å². The molecule has 0 radical (unpaired) electrons. The summed E-state index contributed by atoms with van der Waals surface area (Å²) in [7, 11) is -3.14. The highest BCUT2D eigenvalue weighted by atomic mass is 32.2. The van der Waals surface area contributed by atoms with Crippen molar-refractivity contribution in [3.63, 3.8) is 0 Å². The maximum Gasteiger partial charge on any atom is 0.182 e. The van der Waals surface area contributed by atoms with Crippen LogP contribution < -0.4 is 0 Å². The molecule has 0 saturated carbocycles. The van der Waals surface area contributed by atoms with Crippen molar-refractivity contribution in [3.05, 3.63) is 42.0 Å². The summed E-state index contributed by atoms with van der Waals surface area (Å²) < 4.78 is 23.5. The number of allylic oxidation sites excluding steroid dienone is 1. The first-order chi connectivity index (χ1) is 6.58. The van der Waals surface area contributed by atoms with E-state index in [1.165, 1.54) is 0 Å². The van der Waals surface area contributed by atoms with Gasteiger partial charge in [-0.25, -0.2) is 8.42 Å². The topological polar surface area (TPSA) is 34.1 Å². The van der Waals surface area contributed by atoms with Crippen molar-refractivity contribution in [3.8, 4) is 0 Å². The molecule has 0 aliphatic carbocycles. The van der Waals surface area contributed by atoms with Gasteiger partial charge in [0.05, 0.1) is 10.6 Å². The van der Waals surface area contributed by atoms with Crippen LogP contribution in [0.2, 0.25) is 0 Å². The zero-order valence-corrected chi connectivity index (χ0v) is 9.21. The van der Waals surface area contributed by atoms with Gasteiger partial charge in [-0.05, 0) is 25.5 Å². The van der Waals surface area contributed by atoms with Crippen LogP contribution in [-0.4, -0.2) is 14.2 Å². The van der Waals surface area contributed by atoms with Crippen molar-refractivity contribution < 1.29 is 8.42 Å². The molecule has 14 heavy (non-hydrogen) atoms. The van der Waals surface area contributed by atoms with E-state index in [1.54, 1.807) is 24.3 Å². The van der Waals surface area contributed by atoms with Crippen LogP contribution in [0.5, 0.6) is 0 Å². The molecule has 0 saturated heterocycles. The Labute approximate surface area is 85.2 Å². The highest BCUT2D eigenvalue weighted by molar-refractivity contribution is 7.91. The van der Waals surface area contributed by atoms with Crippen molar-refractivity contribution in [1.29, 1.82) is 0 Å². The van der Waals surface area contributed by atoms with Crippen LogP contribution in [0.1, 0.15) is 12.5 Å². The Bertz CT molecular complexity index is 430. The van der Waals surface area contributed by atoms with Crippen molar-refractivity contribution in [2.24, 2.45) is 0 Å². The minimum absolute atomic E-state index is 0.0777. The summed E-state index contributed by atoms with van der Waals surface area (Å²) in [5.41, 5.74) is 0.803. The van der Waals surface area contributed by atoms with Crippen molar-refractivity contribution >= 4 is 9.84 Å². The SMILES string of the molecule is CC=CCS(=O)(=O)c1ccccc1C. The van der Waals surface area contributed by atoms with Gasteiger partial charge in [-0.3, -0.25) is 0 Å². The summed E-state index contributed by atoms with van der Waals surface area (Å²) in [4.78, 5) is 0.429. The van der Waals surface area contributed by atoms with Gasteiger partial charge in [0.2, 0.25) is 0 Å². The van der Waals surface area contributed by atoms with Crippen LogP contribution >= 0.6 is 0 Å². The third-order valence-electron chi connectivity index (χ3n) is 1.98. The van der Waals surface area contributed by atoms with Crippen LogP contribution in [0.3, 0.4) is 0 Å². The number of hydrogen-bond acceptors (Lipinski definition) is 2. The first-order valence-corrected chi connectivity index (χ1v) is 6.12. The number of benzene rings is 1. The number of aryl methyl sites for hydroxylation is 1. The fourth-order valence-electron chi connectivity index (χ4n) is 1.22. The Hall–Kier alpha value is -1.09. The van der Waals surface area contributed by atoms with Gasteiger partial charge in [-0.1, -0.05) is 30.4 Å². The molecule has 0 heterocycles. The van der Waals surface area contributed by atoms with Crippen LogP contribution in [0.15, 0.2) is 41.3 Å². The van der Waals surface area contributed by atoms with E-state index in [4.69, 9.17) is 0 Å². The first-order valence-electron chi connectivity index (χ1n) is 4.47. The Morgan fingerprint density at radius 3 is 2.50 bits per heavy atom. The lowest BCUT2D eigenvalue weighted by Gasteiger charge is -2.04. The predicted molar refractivity (Wildman–Crippen MR) is 58.0 cm³/mol. The standard InChI is InChI=1S/C11H14O2S/c1-3-4-9-14(12,13)11-8-6-5-7-10(11)2/h3-8H,9H2,1-2H3. The molecular weight excluding hydrogens is 196 g/mol. The highest BCUT2D eigenvalue weighted by Crippen LogP contribution is 2.15. The predicted octanol–water partition coefficient (Wildman–Crippen LogP) is 2.34. The molecule has 0 spiro atoms. The summed E-state index contributed by atoms with van der Waals surface area (Å²) in [6.45, 7) is 3.62. The summed E-state index contributed by atoms with van der Waals surface area (Å²) in [5.74, 6) is 0.0777. The molecule has 0 aromatic heterocycles. The minimum atomic E-state index is -3.14. The van der Waals surface area contributed by atoms with Crippen molar-refractivity contribution in [2.75, 3.05) is 5.75 Å². The van der Waals surface area contributed by atoms with Gasteiger partial charge in [0.1, 0.15) is 0 Å². The van der Waals surface area contributed by atoms with E-state index in [0.717, 1.165) is 5.56 Å². The molecular formula is C11H14O2S. The zero-order valence-electron chi connectivity index (χ0n) is 8.40. The highest BCUT2D eigenvalue weighted by Gasteiger charge is 2.13. The second kappa shape index (κ2) is 4.42. The lowest BCUT2D eigenvalue weighted by Crippen LogP contribution is -2.06. The molecule has 0 N–H and O–H groups in total. The molecule has 0 aliphatic heterocycles. The molecule has 0 bridgehead atoms. The third-order valence-corrected chi connectivity index (χ3v) is 3.74. The Balaban J connectivity index is 3.11. The van der Waals surface area contributed by atoms with Gasteiger partial charge in [-0.15, -0.1) is 0 Å². The van der Waals surface area contributed by atoms with E-state index in [-0.39, 0.29) is 5.75 Å². The lowest BCUT2D eigenvalue weighted by molar-refractivity contribution is 0.598. The molecule has 0 unspecified atom stereocenters. The Kier molecular flexibility index (Phi) is 3.47. The van der Waals surface area contributed by atoms with Gasteiger partial charge in [-0.2, -0.15) is 0 Å². The summed E-state index contributed by atoms with van der Waals surface area (Å²) >= 11 is 0. The molecule has 3 heteroatoms. The van der Waals surface area contributed by atoms with Gasteiger partial charge < -0.3 is 0 Å². The maximum atomic E-state index is 11.8. The zero-order chi connectivity index (χ0) is 10.6. The fraction of sp³-hybridized carbons (Fsp3) is 0.273. The van der Waals surface area contributed by atoms with Gasteiger partial charge in [0.15, 0.2) is 9.84 Å². The molecule has 76 valence electrons. The largest absolute Gasteiger partial charge is 0.223 e. The molecule has 0 fully saturated rings. The van der Waals surface area contributed by atoms with E-state index in [9.17, 15) is 8.42 Å². The lowest BCUT2D eigenvalue weighted by atomic mass is 10.2. The van der Waals surface area contributed by atoms with Crippen LogP contribution in [-0.2, 0) is 9.84 Å². The van der Waals surface area contributed by atoms with Gasteiger partial charge >= 0.3 is 0 Å². The smallest absolute Gasteiger partial charge is 0.182 e. The second-order valence-corrected chi connectivity index (χ2v) is 5.12. The molecule has 0 atom stereocenters. The molecule has 0 amide bonds. The normalized spacial score (nSPS) is 12.1. The number of rotatable bonds is 3. The van der Waals surface area contributed by atoms with Crippen molar-refractivity contribution in [1.82, 2.24) is 0 Å². The average Bonchev–Trinajstić information content (AvgIpc) is 2.15. The van der Waals surface area contributed by atoms with E-state index in [2.05, 4.69) is 0 Å². The molecule has 1 aromatic rings. The quantitative estimate of drug-likeness (QED) is 0.718. The first kappa shape index (κ1) is 11.0. The Morgan fingerprint density at radius 1 is 1.29 bits per heavy atom. The summed E-state index contributed by atoms with van der Waals surface area (Å²) in [5, 5.41) is 0. The number of sulfone groups is 1. The summed E-state index contributed by atoms with van der Waals surface area (Å²) in [6, 6.07) is 7.04. The summed E-state index contributed by atoms with van der Waals surface area (Å²) in [6.07, 6.45) is 3.40. The van der Waals surface area contributed by atoms with E-state index >= 15 is 0 Å². The monoisotopic (exact) mass is 210 g/mol. The second-order valence-electron chi connectivity index (χ2n) is 3.12. The molecule has 0 aliphatic rings. The molecule has 1 rings (SSSR count). The minimum Gasteiger partial charge on any atom is -0.223 e. The van der Waals surface area contributed by atoms with Crippen molar-refractivity contribution in [2.45, 2.75) is 18.7 Å².